The van der Waals surface area contributed by atoms with Crippen LogP contribution in [0.3, 0.4) is 0 Å². The number of nitrogens with zero attached hydrogens (tertiary/aromatic N) is 2. The van der Waals surface area contributed by atoms with E-state index in [1.807, 2.05) is 0 Å². The fourth-order valence-electron chi connectivity index (χ4n) is 6.29. The van der Waals surface area contributed by atoms with E-state index in [1.165, 1.54) is 38.5 Å². The molecule has 0 radical (unpaired) electrons. The number of hydrogen-bond donors (Lipinski definition) is 0. The quantitative estimate of drug-likeness (QED) is 0.557. The zero-order valence-corrected chi connectivity index (χ0v) is 21.1. The van der Waals surface area contributed by atoms with Crippen LogP contribution in [-0.2, 0) is 13.3 Å². The van der Waals surface area contributed by atoms with Crippen molar-refractivity contribution in [2.45, 2.75) is 116 Å². The van der Waals surface area contributed by atoms with Gasteiger partial charge in [-0.3, -0.25) is 0 Å². The van der Waals surface area contributed by atoms with Crippen LogP contribution in [0.15, 0.2) is 0 Å². The molecule has 2 nitrogen and oxygen atoms in total. The molecule has 0 bridgehead atoms. The SMILES string of the molecule is CC1(C)CCCC(C)(C)[N]1[Zn]([Cl])([Cl])[N]1C(C)(C)CCCC1(C)C.[LiH].[MgH2]. The second kappa shape index (κ2) is 8.69. The standard InChI is InChI=1S/2C9H18N.2ClH.Li.Mg.Zn.3H/c2*1-8(2)6-5-7-9(3,4)10-8;;;;;;;;/h2*5-7H2,1-4H3;2*1H;;;;;;/q2*-1;;;;;+4;;;/p-2. The molecule has 2 aliphatic heterocycles. The largest absolute Gasteiger partial charge is 0.316 e. The average Bonchev–Trinajstić information content (AvgIpc) is 2.20. The summed E-state index contributed by atoms with van der Waals surface area (Å²) in [4.78, 5) is 0. The predicted octanol–water partition coefficient (Wildman–Crippen LogP) is 4.80. The third-order valence-corrected chi connectivity index (χ3v) is 22.2. The molecule has 0 saturated carbocycles. The van der Waals surface area contributed by atoms with E-state index >= 15 is 0 Å². The maximum absolute atomic E-state index is 7.47. The monoisotopic (exact) mass is 448 g/mol. The van der Waals surface area contributed by atoms with Crippen molar-refractivity contribution in [2.75, 3.05) is 0 Å². The van der Waals surface area contributed by atoms with Crippen LogP contribution in [0.25, 0.3) is 0 Å². The molecule has 0 amide bonds. The van der Waals surface area contributed by atoms with Crippen molar-refractivity contribution in [1.82, 2.24) is 7.29 Å². The molecule has 0 unspecified atom stereocenters. The van der Waals surface area contributed by atoms with E-state index in [4.69, 9.17) is 19.4 Å². The summed E-state index contributed by atoms with van der Waals surface area (Å²) >= 11 is -3.88. The van der Waals surface area contributed by atoms with Crippen LogP contribution in [-0.4, -0.2) is 71.4 Å². The molecule has 0 spiro atoms. The van der Waals surface area contributed by atoms with Crippen LogP contribution < -0.4 is 0 Å². The van der Waals surface area contributed by atoms with Crippen molar-refractivity contribution in [3.05, 3.63) is 0 Å². The van der Waals surface area contributed by atoms with E-state index in [2.05, 4.69) is 62.7 Å². The van der Waals surface area contributed by atoms with Gasteiger partial charge in [-0.15, -0.1) is 0 Å². The van der Waals surface area contributed by atoms with Crippen LogP contribution >= 0.6 is 19.4 Å². The molecule has 2 heterocycles. The normalized spacial score (nSPS) is 27.9. The van der Waals surface area contributed by atoms with Crippen molar-refractivity contribution in [3.63, 3.8) is 0 Å². The third kappa shape index (κ3) is 5.35. The van der Waals surface area contributed by atoms with Gasteiger partial charge in [0.05, 0.1) is 0 Å². The van der Waals surface area contributed by atoms with Gasteiger partial charge in [0.25, 0.3) is 0 Å². The molecular formula is C18H39Cl2LiMgN2Zn. The summed E-state index contributed by atoms with van der Waals surface area (Å²) in [6, 6.07) is 0. The molecule has 0 aromatic rings. The first kappa shape index (κ1) is 27.5. The molecule has 140 valence electrons. The maximum Gasteiger partial charge on any atom is 0.316 e. The Bertz CT molecular complexity index is 398. The Morgan fingerprint density at radius 1 is 0.600 bits per heavy atom. The predicted molar refractivity (Wildman–Crippen MR) is 115 cm³/mol. The van der Waals surface area contributed by atoms with Crippen molar-refractivity contribution in [1.29, 1.82) is 0 Å². The Morgan fingerprint density at radius 3 is 1.00 bits per heavy atom. The molecular weight excluding hydrogens is 412 g/mol. The summed E-state index contributed by atoms with van der Waals surface area (Å²) in [6.07, 6.45) is 7.27. The Labute approximate surface area is 196 Å². The van der Waals surface area contributed by atoms with Crippen LogP contribution in [0.4, 0.5) is 0 Å². The number of piperidine rings is 2. The summed E-state index contributed by atoms with van der Waals surface area (Å²) in [6.45, 7) is 18.7. The van der Waals surface area contributed by atoms with E-state index in [-0.39, 0.29) is 64.1 Å². The van der Waals surface area contributed by atoms with Gasteiger partial charge in [0.2, 0.25) is 0 Å². The molecule has 2 fully saturated rings. The minimum absolute atomic E-state index is 0. The summed E-state index contributed by atoms with van der Waals surface area (Å²) in [5.41, 5.74) is 0.313. The number of halogens is 2. The number of hydrogen-bond acceptors (Lipinski definition) is 2. The van der Waals surface area contributed by atoms with E-state index in [0.717, 1.165) is 0 Å². The van der Waals surface area contributed by atoms with Crippen LogP contribution in [0.2, 0.25) is 0 Å². The molecule has 2 aliphatic rings. The van der Waals surface area contributed by atoms with Crippen LogP contribution in [0.5, 0.6) is 0 Å². The Hall–Kier alpha value is 2.49. The maximum atomic E-state index is 7.47. The summed E-state index contributed by atoms with van der Waals surface area (Å²) < 4.78 is 5.20. The van der Waals surface area contributed by atoms with Gasteiger partial charge >= 0.3 is 198 Å². The van der Waals surface area contributed by atoms with E-state index in [1.54, 1.807) is 0 Å². The van der Waals surface area contributed by atoms with Crippen LogP contribution in [0.1, 0.15) is 93.9 Å². The molecule has 0 aromatic carbocycles. The van der Waals surface area contributed by atoms with E-state index in [9.17, 15) is 0 Å². The van der Waals surface area contributed by atoms with Gasteiger partial charge in [-0.05, 0) is 0 Å². The van der Waals surface area contributed by atoms with Gasteiger partial charge in [0, 0.05) is 0 Å². The molecule has 0 atom stereocenters. The molecule has 0 aliphatic carbocycles. The molecule has 0 N–H and O–H groups in total. The number of rotatable bonds is 2. The summed E-state index contributed by atoms with van der Waals surface area (Å²) in [5.74, 6) is 0. The van der Waals surface area contributed by atoms with Crippen LogP contribution in [0, 0.1) is 0 Å². The first-order chi connectivity index (χ1) is 10.1. The molecule has 2 rings (SSSR count). The topological polar surface area (TPSA) is 6.48 Å². The fourth-order valence-corrected chi connectivity index (χ4v) is 30.3. The molecule has 25 heavy (non-hydrogen) atoms. The summed E-state index contributed by atoms with van der Waals surface area (Å²) in [7, 11) is 14.9. The minimum Gasteiger partial charge on any atom is 0.316 e. The second-order valence-electron chi connectivity index (χ2n) is 10.5. The zero-order chi connectivity index (χ0) is 17.9. The minimum atomic E-state index is -3.88. The third-order valence-electron chi connectivity index (χ3n) is 6.84. The van der Waals surface area contributed by atoms with Crippen molar-refractivity contribution >= 4 is 61.3 Å². The molecule has 7 heteroatoms. The van der Waals surface area contributed by atoms with Gasteiger partial charge in [-0.25, -0.2) is 0 Å². The smallest absolute Gasteiger partial charge is 0.316 e. The van der Waals surface area contributed by atoms with Crippen molar-refractivity contribution in [3.8, 4) is 0 Å². The van der Waals surface area contributed by atoms with Gasteiger partial charge in [0.1, 0.15) is 0 Å². The van der Waals surface area contributed by atoms with E-state index < -0.39 is 13.3 Å². The Kier molecular flexibility index (Phi) is 9.56. The van der Waals surface area contributed by atoms with Gasteiger partial charge in [0.15, 0.2) is 0 Å². The first-order valence-corrected chi connectivity index (χ1v) is 19.9. The Balaban J connectivity index is 0.00000288. The van der Waals surface area contributed by atoms with E-state index in [0.29, 0.717) is 0 Å². The molecule has 0 aromatic heterocycles. The van der Waals surface area contributed by atoms with Gasteiger partial charge < -0.3 is 0 Å². The zero-order valence-electron chi connectivity index (χ0n) is 16.6. The molecule has 2 saturated heterocycles. The average molecular weight is 451 g/mol. The van der Waals surface area contributed by atoms with Gasteiger partial charge in [-0.1, -0.05) is 0 Å². The van der Waals surface area contributed by atoms with Crippen molar-refractivity contribution < 1.29 is 13.3 Å². The summed E-state index contributed by atoms with van der Waals surface area (Å²) in [5, 5.41) is 0. The first-order valence-electron chi connectivity index (χ1n) is 9.48. The van der Waals surface area contributed by atoms with Gasteiger partial charge in [-0.2, -0.15) is 0 Å². The van der Waals surface area contributed by atoms with Crippen molar-refractivity contribution in [2.24, 2.45) is 0 Å². The Morgan fingerprint density at radius 2 is 0.800 bits per heavy atom. The fraction of sp³-hybridized carbons (Fsp3) is 1.00. The second-order valence-corrected chi connectivity index (χ2v) is 25.4.